The minimum absolute atomic E-state index is 0.115. The second kappa shape index (κ2) is 6.24. The Balaban J connectivity index is 1.50. The van der Waals surface area contributed by atoms with Crippen molar-refractivity contribution in [2.45, 2.75) is 70.9 Å². The second-order valence-electron chi connectivity index (χ2n) is 10.5. The van der Waals surface area contributed by atoms with Crippen LogP contribution in [0.3, 0.4) is 0 Å². The van der Waals surface area contributed by atoms with Crippen LogP contribution in [0.1, 0.15) is 70.3 Å². The third kappa shape index (κ3) is 2.37. The van der Waals surface area contributed by atoms with Crippen LogP contribution in [0.5, 0.6) is 0 Å². The van der Waals surface area contributed by atoms with E-state index in [-0.39, 0.29) is 23.0 Å². The summed E-state index contributed by atoms with van der Waals surface area (Å²) < 4.78 is 14.4. The van der Waals surface area contributed by atoms with Crippen molar-refractivity contribution in [3.05, 3.63) is 35.9 Å². The number of rotatable bonds is 1. The van der Waals surface area contributed by atoms with Gasteiger partial charge in [-0.3, -0.25) is 4.79 Å². The molecule has 1 aromatic rings. The van der Waals surface area contributed by atoms with Crippen LogP contribution in [0.4, 0.5) is 4.39 Å². The van der Waals surface area contributed by atoms with Crippen LogP contribution in [0.2, 0.25) is 0 Å². The molecule has 28 heavy (non-hydrogen) atoms. The van der Waals surface area contributed by atoms with Crippen molar-refractivity contribution in [1.82, 2.24) is 0 Å². The molecule has 0 bridgehead atoms. The summed E-state index contributed by atoms with van der Waals surface area (Å²) in [5, 5.41) is 8.73. The number of halogens is 1. The van der Waals surface area contributed by atoms with Crippen molar-refractivity contribution >= 4 is 11.5 Å². The highest BCUT2D eigenvalue weighted by atomic mass is 19.1. The topological polar surface area (TPSA) is 40.9 Å². The fourth-order valence-corrected chi connectivity index (χ4v) is 8.05. The van der Waals surface area contributed by atoms with Gasteiger partial charge in [-0.1, -0.05) is 44.2 Å². The third-order valence-electron chi connectivity index (χ3n) is 9.51. The molecule has 4 fully saturated rings. The summed E-state index contributed by atoms with van der Waals surface area (Å²) in [7, 11) is 0. The highest BCUT2D eigenvalue weighted by Gasteiger charge is 2.63. The molecule has 0 spiro atoms. The van der Waals surface area contributed by atoms with Gasteiger partial charge in [-0.25, -0.2) is 4.39 Å². The summed E-state index contributed by atoms with van der Waals surface area (Å²) in [6, 6.07) is 10.6. The number of nitrogens with one attached hydrogen (secondary N) is 1. The molecular weight excluding hydrogens is 349 g/mol. The maximum Gasteiger partial charge on any atom is 0.173 e. The molecule has 0 amide bonds. The Kier molecular flexibility index (Phi) is 4.13. The molecule has 1 N–H and O–H groups in total. The Labute approximate surface area is 167 Å². The molecule has 0 aliphatic heterocycles. The van der Waals surface area contributed by atoms with E-state index in [1.54, 1.807) is 0 Å². The van der Waals surface area contributed by atoms with Crippen LogP contribution >= 0.6 is 0 Å². The van der Waals surface area contributed by atoms with E-state index < -0.39 is 11.6 Å². The van der Waals surface area contributed by atoms with Crippen LogP contribution in [0, 0.1) is 39.9 Å². The van der Waals surface area contributed by atoms with Crippen molar-refractivity contribution in [2.24, 2.45) is 34.5 Å². The van der Waals surface area contributed by atoms with Crippen LogP contribution < -0.4 is 0 Å². The van der Waals surface area contributed by atoms with Crippen molar-refractivity contribution in [2.75, 3.05) is 0 Å². The number of benzene rings is 1. The number of carbonyl (C=O) groups excluding carboxylic acids is 1. The number of fused-ring (bicyclic) bond motifs is 5. The molecule has 0 saturated heterocycles. The summed E-state index contributed by atoms with van der Waals surface area (Å²) in [5.41, 5.74) is 1.96. The van der Waals surface area contributed by atoms with Crippen molar-refractivity contribution in [3.8, 4) is 0 Å². The van der Waals surface area contributed by atoms with Gasteiger partial charge in [-0.15, -0.1) is 0 Å². The Morgan fingerprint density at radius 3 is 2.50 bits per heavy atom. The first-order valence-electron chi connectivity index (χ1n) is 11.2. The second-order valence-corrected chi connectivity index (χ2v) is 10.5. The van der Waals surface area contributed by atoms with Crippen LogP contribution in [-0.2, 0) is 4.79 Å². The molecule has 5 rings (SSSR count). The first-order chi connectivity index (χ1) is 13.4. The molecule has 2 nitrogen and oxygen atoms in total. The zero-order chi connectivity index (χ0) is 19.7. The van der Waals surface area contributed by atoms with E-state index in [1.165, 1.54) is 5.56 Å². The molecule has 4 saturated carbocycles. The van der Waals surface area contributed by atoms with E-state index in [0.29, 0.717) is 24.2 Å². The molecule has 0 radical (unpaired) electrons. The molecule has 0 aromatic heterocycles. The Morgan fingerprint density at radius 2 is 1.75 bits per heavy atom. The third-order valence-corrected chi connectivity index (χ3v) is 9.51. The predicted octanol–water partition coefficient (Wildman–Crippen LogP) is 5.96. The lowest BCUT2D eigenvalue weighted by atomic mass is 9.43. The van der Waals surface area contributed by atoms with Gasteiger partial charge in [0.15, 0.2) is 12.0 Å². The Morgan fingerprint density at radius 1 is 1.00 bits per heavy atom. The largest absolute Gasteiger partial charge is 0.309 e. The minimum atomic E-state index is -1.24. The first kappa shape index (κ1) is 18.5. The van der Waals surface area contributed by atoms with Gasteiger partial charge in [0, 0.05) is 17.0 Å². The van der Waals surface area contributed by atoms with Gasteiger partial charge in [0.25, 0.3) is 0 Å². The lowest BCUT2D eigenvalue weighted by Crippen LogP contribution is -2.55. The van der Waals surface area contributed by atoms with Crippen molar-refractivity contribution < 1.29 is 9.18 Å². The SMILES string of the molecule is C[C@]12CCC(=N)C(c3ccccc3)C1CCC1C2CC[C@]2(C)C(=O)C(F)CC12. The summed E-state index contributed by atoms with van der Waals surface area (Å²) in [6.07, 6.45) is 5.29. The smallest absolute Gasteiger partial charge is 0.173 e. The van der Waals surface area contributed by atoms with E-state index in [0.717, 1.165) is 44.2 Å². The van der Waals surface area contributed by atoms with Gasteiger partial charge in [0.1, 0.15) is 0 Å². The molecule has 0 heterocycles. The van der Waals surface area contributed by atoms with Crippen molar-refractivity contribution in [1.29, 1.82) is 5.41 Å². The van der Waals surface area contributed by atoms with Gasteiger partial charge >= 0.3 is 0 Å². The number of ketones is 1. The predicted molar refractivity (Wildman–Crippen MR) is 109 cm³/mol. The first-order valence-corrected chi connectivity index (χ1v) is 11.2. The van der Waals surface area contributed by atoms with E-state index in [9.17, 15) is 9.18 Å². The molecule has 4 aliphatic carbocycles. The number of carbonyl (C=O) groups is 1. The zero-order valence-electron chi connectivity index (χ0n) is 17.1. The summed E-state index contributed by atoms with van der Waals surface area (Å²) >= 11 is 0. The molecular formula is C25H32FNO. The Hall–Kier alpha value is -1.51. The molecule has 150 valence electrons. The van der Waals surface area contributed by atoms with Gasteiger partial charge < -0.3 is 5.41 Å². The number of hydrogen-bond donors (Lipinski definition) is 1. The fourth-order valence-electron chi connectivity index (χ4n) is 8.05. The highest BCUT2D eigenvalue weighted by Crippen LogP contribution is 2.67. The standard InChI is InChI=1S/C25H32FNO/c1-24-13-11-21(27)22(15-6-4-3-5-7-15)18(24)9-8-16-17(24)10-12-25(2)19(16)14-20(26)23(25)28/h3-7,16-20,22,27H,8-14H2,1-2H3/t16?,17?,18?,19?,20?,22?,24-,25+/m1/s1. The average molecular weight is 382 g/mol. The van der Waals surface area contributed by atoms with E-state index in [2.05, 4.69) is 37.3 Å². The minimum Gasteiger partial charge on any atom is -0.309 e. The molecule has 6 unspecified atom stereocenters. The summed E-state index contributed by atoms with van der Waals surface area (Å²) in [6.45, 7) is 4.51. The van der Waals surface area contributed by atoms with Crippen LogP contribution in [0.15, 0.2) is 30.3 Å². The monoisotopic (exact) mass is 381 g/mol. The Bertz CT molecular complexity index is 806. The van der Waals surface area contributed by atoms with Gasteiger partial charge in [-0.05, 0) is 79.6 Å². The molecule has 4 aliphatic rings. The normalized spacial score (nSPS) is 48.0. The lowest BCUT2D eigenvalue weighted by molar-refractivity contribution is -0.139. The van der Waals surface area contributed by atoms with E-state index in [1.807, 2.05) is 6.92 Å². The quantitative estimate of drug-likeness (QED) is 0.641. The number of alkyl halides is 1. The van der Waals surface area contributed by atoms with Gasteiger partial charge in [0.2, 0.25) is 0 Å². The number of hydrogen-bond acceptors (Lipinski definition) is 2. The maximum atomic E-state index is 14.4. The maximum absolute atomic E-state index is 14.4. The molecule has 8 atom stereocenters. The average Bonchev–Trinajstić information content (AvgIpc) is 2.93. The summed E-state index contributed by atoms with van der Waals surface area (Å²) in [4.78, 5) is 12.6. The highest BCUT2D eigenvalue weighted by molar-refractivity contribution is 5.91. The van der Waals surface area contributed by atoms with Gasteiger partial charge in [-0.2, -0.15) is 0 Å². The van der Waals surface area contributed by atoms with Crippen molar-refractivity contribution in [3.63, 3.8) is 0 Å². The van der Waals surface area contributed by atoms with Gasteiger partial charge in [0.05, 0.1) is 0 Å². The fraction of sp³-hybridized carbons (Fsp3) is 0.680. The molecule has 3 heteroatoms. The van der Waals surface area contributed by atoms with E-state index >= 15 is 0 Å². The van der Waals surface area contributed by atoms with Crippen LogP contribution in [-0.4, -0.2) is 17.7 Å². The number of Topliss-reactive ketones (excluding diaryl/α,β-unsaturated/α-hetero) is 1. The summed E-state index contributed by atoms with van der Waals surface area (Å²) in [5.74, 6) is 1.89. The van der Waals surface area contributed by atoms with Crippen LogP contribution in [0.25, 0.3) is 0 Å². The lowest BCUT2D eigenvalue weighted by Gasteiger charge is -2.61. The molecule has 1 aromatic carbocycles. The zero-order valence-corrected chi connectivity index (χ0v) is 17.1. The van der Waals surface area contributed by atoms with E-state index in [4.69, 9.17) is 5.41 Å².